The van der Waals surface area contributed by atoms with Crippen molar-refractivity contribution >= 4 is 6.09 Å². The highest BCUT2D eigenvalue weighted by Gasteiger charge is 2.26. The van der Waals surface area contributed by atoms with Crippen LogP contribution in [0, 0.1) is 0 Å². The molecule has 0 aromatic heterocycles. The minimum Gasteiger partial charge on any atom is -0.444 e. The summed E-state index contributed by atoms with van der Waals surface area (Å²) in [6.45, 7) is 10.4. The number of piperidine rings is 1. The fourth-order valence-electron chi connectivity index (χ4n) is 3.26. The number of ether oxygens (including phenoxy) is 1. The van der Waals surface area contributed by atoms with E-state index in [1.807, 2.05) is 25.7 Å². The molecule has 0 radical (unpaired) electrons. The van der Waals surface area contributed by atoms with Gasteiger partial charge in [0.2, 0.25) is 0 Å². The first kappa shape index (κ1) is 20.8. The first-order valence-electron chi connectivity index (χ1n) is 10.2. The van der Waals surface area contributed by atoms with Crippen molar-refractivity contribution in [1.82, 2.24) is 10.2 Å². The number of carbonyl (C=O) groups is 1. The molecule has 26 heavy (non-hydrogen) atoms. The zero-order valence-corrected chi connectivity index (χ0v) is 17.0. The van der Waals surface area contributed by atoms with E-state index in [9.17, 15) is 4.79 Å². The monoisotopic (exact) mass is 360 g/mol. The third kappa shape index (κ3) is 7.36. The molecular weight excluding hydrogens is 324 g/mol. The molecule has 2 rings (SSSR count). The van der Waals surface area contributed by atoms with Gasteiger partial charge in [-0.15, -0.1) is 0 Å². The van der Waals surface area contributed by atoms with E-state index in [1.54, 1.807) is 0 Å². The Morgan fingerprint density at radius 1 is 1.12 bits per heavy atom. The molecule has 1 aromatic rings. The summed E-state index contributed by atoms with van der Waals surface area (Å²) >= 11 is 0. The number of nitrogens with zero attached hydrogens (tertiary/aromatic N) is 1. The average Bonchev–Trinajstić information content (AvgIpc) is 2.60. The fraction of sp³-hybridized carbons (Fsp3) is 0.682. The molecule has 1 aliphatic heterocycles. The largest absolute Gasteiger partial charge is 0.444 e. The summed E-state index contributed by atoms with van der Waals surface area (Å²) in [5, 5.41) is 3.64. The predicted molar refractivity (Wildman–Crippen MR) is 107 cm³/mol. The van der Waals surface area contributed by atoms with Crippen molar-refractivity contribution in [1.29, 1.82) is 0 Å². The molecule has 0 saturated carbocycles. The van der Waals surface area contributed by atoms with Gasteiger partial charge in [-0.3, -0.25) is 0 Å². The molecule has 1 fully saturated rings. The number of unbranched alkanes of at least 4 members (excludes halogenated alkanes) is 2. The summed E-state index contributed by atoms with van der Waals surface area (Å²) in [4.78, 5) is 13.9. The molecule has 1 N–H and O–H groups in total. The van der Waals surface area contributed by atoms with Gasteiger partial charge in [0.1, 0.15) is 5.60 Å². The molecule has 0 aliphatic carbocycles. The summed E-state index contributed by atoms with van der Waals surface area (Å²) in [6.07, 6.45) is 6.83. The number of carbonyl (C=O) groups excluding carboxylic acids is 1. The Labute approximate surface area is 159 Å². The molecule has 1 saturated heterocycles. The number of likely N-dealkylation sites (tertiary alicyclic amines) is 1. The molecule has 0 bridgehead atoms. The Morgan fingerprint density at radius 3 is 2.31 bits per heavy atom. The topological polar surface area (TPSA) is 41.6 Å². The molecule has 1 heterocycles. The van der Waals surface area contributed by atoms with Crippen molar-refractivity contribution in [3.8, 4) is 0 Å². The minimum absolute atomic E-state index is 0.186. The molecule has 4 nitrogen and oxygen atoms in total. The third-order valence-corrected chi connectivity index (χ3v) is 4.83. The Kier molecular flexibility index (Phi) is 7.95. The van der Waals surface area contributed by atoms with Crippen molar-refractivity contribution in [2.45, 2.75) is 84.4 Å². The summed E-state index contributed by atoms with van der Waals surface area (Å²) in [6, 6.07) is 9.47. The van der Waals surface area contributed by atoms with Crippen LogP contribution in [-0.4, -0.2) is 35.7 Å². The molecule has 1 aliphatic rings. The van der Waals surface area contributed by atoms with Gasteiger partial charge in [-0.2, -0.15) is 0 Å². The quantitative estimate of drug-likeness (QED) is 0.703. The summed E-state index contributed by atoms with van der Waals surface area (Å²) in [5.74, 6) is 0. The maximum absolute atomic E-state index is 12.1. The smallest absolute Gasteiger partial charge is 0.410 e. The van der Waals surface area contributed by atoms with Gasteiger partial charge >= 0.3 is 6.09 Å². The molecule has 0 unspecified atom stereocenters. The lowest BCUT2D eigenvalue weighted by Crippen LogP contribution is -2.46. The molecule has 0 atom stereocenters. The zero-order valence-electron chi connectivity index (χ0n) is 17.0. The highest BCUT2D eigenvalue weighted by atomic mass is 16.6. The first-order valence-corrected chi connectivity index (χ1v) is 10.2. The lowest BCUT2D eigenvalue weighted by molar-refractivity contribution is 0.0198. The van der Waals surface area contributed by atoms with E-state index in [4.69, 9.17) is 4.74 Å². The molecule has 0 spiro atoms. The maximum atomic E-state index is 12.1. The highest BCUT2D eigenvalue weighted by molar-refractivity contribution is 5.68. The number of hydrogen-bond acceptors (Lipinski definition) is 3. The van der Waals surface area contributed by atoms with Gasteiger partial charge in [0, 0.05) is 25.7 Å². The van der Waals surface area contributed by atoms with Crippen LogP contribution >= 0.6 is 0 Å². The maximum Gasteiger partial charge on any atom is 0.410 e. The number of rotatable bonds is 7. The van der Waals surface area contributed by atoms with E-state index < -0.39 is 5.60 Å². The van der Waals surface area contributed by atoms with Crippen LogP contribution in [0.2, 0.25) is 0 Å². The number of benzene rings is 1. The third-order valence-electron chi connectivity index (χ3n) is 4.83. The van der Waals surface area contributed by atoms with Crippen LogP contribution in [0.3, 0.4) is 0 Å². The Bertz CT molecular complexity index is 540. The number of hydrogen-bond donors (Lipinski definition) is 1. The van der Waals surface area contributed by atoms with Gasteiger partial charge in [-0.05, 0) is 57.6 Å². The SMILES string of the molecule is CCCCCc1ccc(CNC2CCN(C(=O)OC(C)(C)C)CC2)cc1. The van der Waals surface area contributed by atoms with Crippen molar-refractivity contribution in [3.63, 3.8) is 0 Å². The van der Waals surface area contributed by atoms with E-state index >= 15 is 0 Å². The first-order chi connectivity index (χ1) is 12.4. The number of amides is 1. The van der Waals surface area contributed by atoms with E-state index in [0.717, 1.165) is 32.5 Å². The van der Waals surface area contributed by atoms with Gasteiger partial charge in [0.05, 0.1) is 0 Å². The van der Waals surface area contributed by atoms with Crippen LogP contribution in [-0.2, 0) is 17.7 Å². The highest BCUT2D eigenvalue weighted by Crippen LogP contribution is 2.16. The van der Waals surface area contributed by atoms with Gasteiger partial charge in [0.15, 0.2) is 0 Å². The van der Waals surface area contributed by atoms with Gasteiger partial charge in [-0.25, -0.2) is 4.79 Å². The summed E-state index contributed by atoms with van der Waals surface area (Å²) in [5.41, 5.74) is 2.35. The molecule has 4 heteroatoms. The number of nitrogens with one attached hydrogen (secondary N) is 1. The van der Waals surface area contributed by atoms with E-state index in [2.05, 4.69) is 36.5 Å². The summed E-state index contributed by atoms with van der Waals surface area (Å²) in [7, 11) is 0. The summed E-state index contributed by atoms with van der Waals surface area (Å²) < 4.78 is 5.45. The Hall–Kier alpha value is -1.55. The van der Waals surface area contributed by atoms with E-state index in [-0.39, 0.29) is 6.09 Å². The van der Waals surface area contributed by atoms with Crippen LogP contribution in [0.5, 0.6) is 0 Å². The molecule has 1 amide bonds. The van der Waals surface area contributed by atoms with Gasteiger partial charge < -0.3 is 15.0 Å². The second-order valence-corrected chi connectivity index (χ2v) is 8.40. The molecule has 146 valence electrons. The lowest BCUT2D eigenvalue weighted by Gasteiger charge is -2.33. The number of aryl methyl sites for hydroxylation is 1. The Balaban J connectivity index is 1.69. The van der Waals surface area contributed by atoms with Crippen molar-refractivity contribution in [2.75, 3.05) is 13.1 Å². The van der Waals surface area contributed by atoms with Crippen molar-refractivity contribution in [3.05, 3.63) is 35.4 Å². The van der Waals surface area contributed by atoms with Crippen LogP contribution in [0.4, 0.5) is 4.79 Å². The second kappa shape index (κ2) is 9.96. The minimum atomic E-state index is -0.422. The van der Waals surface area contributed by atoms with Crippen molar-refractivity contribution in [2.24, 2.45) is 0 Å². The van der Waals surface area contributed by atoms with Crippen LogP contribution < -0.4 is 5.32 Å². The van der Waals surface area contributed by atoms with Gasteiger partial charge in [0.25, 0.3) is 0 Å². The van der Waals surface area contributed by atoms with Crippen LogP contribution in [0.25, 0.3) is 0 Å². The zero-order chi connectivity index (χ0) is 19.0. The second-order valence-electron chi connectivity index (χ2n) is 8.40. The Morgan fingerprint density at radius 2 is 1.73 bits per heavy atom. The molecule has 1 aromatic carbocycles. The van der Waals surface area contributed by atoms with Crippen LogP contribution in [0.1, 0.15) is 70.9 Å². The van der Waals surface area contributed by atoms with Crippen molar-refractivity contribution < 1.29 is 9.53 Å². The molecular formula is C22H36N2O2. The average molecular weight is 361 g/mol. The van der Waals surface area contributed by atoms with E-state index in [0.29, 0.717) is 6.04 Å². The fourth-order valence-corrected chi connectivity index (χ4v) is 3.26. The lowest BCUT2D eigenvalue weighted by atomic mass is 10.0. The van der Waals surface area contributed by atoms with Crippen LogP contribution in [0.15, 0.2) is 24.3 Å². The predicted octanol–water partition coefficient (Wildman–Crippen LogP) is 4.91. The standard InChI is InChI=1S/C22H36N2O2/c1-5-6-7-8-18-9-11-19(12-10-18)17-23-20-13-15-24(16-14-20)21(25)26-22(2,3)4/h9-12,20,23H,5-8,13-17H2,1-4H3. The van der Waals surface area contributed by atoms with E-state index in [1.165, 1.54) is 36.8 Å². The van der Waals surface area contributed by atoms with Gasteiger partial charge in [-0.1, -0.05) is 44.0 Å². The normalized spacial score (nSPS) is 15.9.